The minimum absolute atomic E-state index is 0.0742. The number of amides is 2. The Morgan fingerprint density at radius 3 is 2.72 bits per heavy atom. The minimum Gasteiger partial charge on any atom is -0.347 e. The molecule has 29 heavy (non-hydrogen) atoms. The van der Waals surface area contributed by atoms with Gasteiger partial charge in [0, 0.05) is 43.6 Å². The number of aryl methyl sites for hydroxylation is 1. The van der Waals surface area contributed by atoms with E-state index < -0.39 is 0 Å². The van der Waals surface area contributed by atoms with E-state index in [-0.39, 0.29) is 6.03 Å². The Balaban J connectivity index is 1.24. The highest BCUT2D eigenvalue weighted by atomic mass is 16.2. The van der Waals surface area contributed by atoms with Crippen LogP contribution in [0.4, 0.5) is 4.79 Å². The van der Waals surface area contributed by atoms with Crippen LogP contribution in [0.3, 0.4) is 0 Å². The van der Waals surface area contributed by atoms with Gasteiger partial charge in [-0.25, -0.2) is 9.48 Å². The summed E-state index contributed by atoms with van der Waals surface area (Å²) in [7, 11) is 1.80. The van der Waals surface area contributed by atoms with Gasteiger partial charge in [-0.2, -0.15) is 5.10 Å². The second-order valence-corrected chi connectivity index (χ2v) is 7.14. The number of benzene rings is 2. The number of rotatable bonds is 7. The van der Waals surface area contributed by atoms with Gasteiger partial charge < -0.3 is 14.8 Å². The third-order valence-electron chi connectivity index (χ3n) is 4.96. The molecule has 2 aromatic heterocycles. The summed E-state index contributed by atoms with van der Waals surface area (Å²) in [5.41, 5.74) is 3.22. The molecular weight excluding hydrogens is 362 g/mol. The molecule has 0 spiro atoms. The molecule has 0 radical (unpaired) electrons. The van der Waals surface area contributed by atoms with Crippen LogP contribution in [0.25, 0.3) is 16.6 Å². The first-order chi connectivity index (χ1) is 14.2. The molecule has 0 unspecified atom stereocenters. The van der Waals surface area contributed by atoms with E-state index in [1.165, 1.54) is 10.9 Å². The molecule has 0 saturated carbocycles. The molecule has 2 heterocycles. The number of aromatic nitrogens is 3. The number of nitrogens with zero attached hydrogens (tertiary/aromatic N) is 4. The first-order valence-electron chi connectivity index (χ1n) is 9.82. The van der Waals surface area contributed by atoms with Crippen LogP contribution in [0.15, 0.2) is 79.3 Å². The van der Waals surface area contributed by atoms with E-state index in [0.29, 0.717) is 13.1 Å². The predicted molar refractivity (Wildman–Crippen MR) is 115 cm³/mol. The summed E-state index contributed by atoms with van der Waals surface area (Å²) >= 11 is 0. The standard InChI is InChI=1S/C23H25N5O/c1-26(17-19-16-25-28(18-19)21-9-3-2-4-10-21)23(29)24-13-7-14-27-15-12-20-8-5-6-11-22(20)27/h2-6,8-12,15-16,18H,7,13-14,17H2,1H3,(H,24,29). The van der Waals surface area contributed by atoms with Crippen LogP contribution in [-0.2, 0) is 13.1 Å². The Morgan fingerprint density at radius 1 is 1.07 bits per heavy atom. The highest BCUT2D eigenvalue weighted by Crippen LogP contribution is 2.15. The molecule has 0 aliphatic heterocycles. The average molecular weight is 387 g/mol. The Morgan fingerprint density at radius 2 is 1.86 bits per heavy atom. The van der Waals surface area contributed by atoms with Crippen LogP contribution < -0.4 is 5.32 Å². The lowest BCUT2D eigenvalue weighted by Crippen LogP contribution is -2.37. The molecule has 0 bridgehead atoms. The molecule has 0 fully saturated rings. The number of nitrogens with one attached hydrogen (secondary N) is 1. The van der Waals surface area contributed by atoms with Crippen molar-refractivity contribution in [1.82, 2.24) is 24.6 Å². The summed E-state index contributed by atoms with van der Waals surface area (Å²) in [4.78, 5) is 14.1. The molecule has 0 atom stereocenters. The van der Waals surface area contributed by atoms with Crippen molar-refractivity contribution in [3.63, 3.8) is 0 Å². The largest absolute Gasteiger partial charge is 0.347 e. The summed E-state index contributed by atoms with van der Waals surface area (Å²) in [6, 6.07) is 20.3. The zero-order chi connectivity index (χ0) is 20.1. The van der Waals surface area contributed by atoms with Crippen molar-refractivity contribution in [2.75, 3.05) is 13.6 Å². The molecule has 0 aliphatic rings. The van der Waals surface area contributed by atoms with Crippen molar-refractivity contribution in [2.24, 2.45) is 0 Å². The maximum atomic E-state index is 12.4. The van der Waals surface area contributed by atoms with Gasteiger partial charge in [0.25, 0.3) is 0 Å². The first kappa shape index (κ1) is 18.8. The monoisotopic (exact) mass is 387 g/mol. The second kappa shape index (κ2) is 8.65. The van der Waals surface area contributed by atoms with E-state index >= 15 is 0 Å². The van der Waals surface area contributed by atoms with Crippen LogP contribution >= 0.6 is 0 Å². The first-order valence-corrected chi connectivity index (χ1v) is 9.82. The van der Waals surface area contributed by atoms with Gasteiger partial charge in [-0.15, -0.1) is 0 Å². The number of para-hydroxylation sites is 2. The Labute approximate surface area is 170 Å². The molecule has 2 amide bonds. The molecule has 4 rings (SSSR count). The van der Waals surface area contributed by atoms with E-state index in [9.17, 15) is 4.79 Å². The molecule has 6 nitrogen and oxygen atoms in total. The number of carbonyl (C=O) groups is 1. The quantitative estimate of drug-likeness (QED) is 0.486. The number of hydrogen-bond acceptors (Lipinski definition) is 2. The van der Waals surface area contributed by atoms with Crippen LogP contribution in [0, 0.1) is 0 Å². The van der Waals surface area contributed by atoms with E-state index in [4.69, 9.17) is 0 Å². The minimum atomic E-state index is -0.0742. The van der Waals surface area contributed by atoms with Gasteiger partial charge in [-0.3, -0.25) is 0 Å². The van der Waals surface area contributed by atoms with Crippen molar-refractivity contribution in [3.8, 4) is 5.69 Å². The lowest BCUT2D eigenvalue weighted by Gasteiger charge is -2.17. The van der Waals surface area contributed by atoms with Gasteiger partial charge in [0.2, 0.25) is 0 Å². The highest BCUT2D eigenvalue weighted by Gasteiger charge is 2.10. The molecule has 0 saturated heterocycles. The second-order valence-electron chi connectivity index (χ2n) is 7.14. The fourth-order valence-electron chi connectivity index (χ4n) is 3.42. The Hall–Kier alpha value is -3.54. The van der Waals surface area contributed by atoms with Gasteiger partial charge in [0.15, 0.2) is 0 Å². The summed E-state index contributed by atoms with van der Waals surface area (Å²) in [5.74, 6) is 0. The number of hydrogen-bond donors (Lipinski definition) is 1. The van der Waals surface area contributed by atoms with Crippen LogP contribution in [0.1, 0.15) is 12.0 Å². The topological polar surface area (TPSA) is 55.1 Å². The smallest absolute Gasteiger partial charge is 0.317 e. The van der Waals surface area contributed by atoms with E-state index in [1.54, 1.807) is 18.1 Å². The van der Waals surface area contributed by atoms with E-state index in [1.807, 2.05) is 47.3 Å². The Kier molecular flexibility index (Phi) is 5.61. The average Bonchev–Trinajstić information content (AvgIpc) is 3.39. The molecule has 1 N–H and O–H groups in total. The van der Waals surface area contributed by atoms with Crippen molar-refractivity contribution >= 4 is 16.9 Å². The van der Waals surface area contributed by atoms with Gasteiger partial charge in [0.05, 0.1) is 18.4 Å². The highest BCUT2D eigenvalue weighted by molar-refractivity contribution is 5.79. The van der Waals surface area contributed by atoms with E-state index in [0.717, 1.165) is 24.2 Å². The van der Waals surface area contributed by atoms with Crippen molar-refractivity contribution in [3.05, 3.63) is 84.8 Å². The van der Waals surface area contributed by atoms with Crippen molar-refractivity contribution < 1.29 is 4.79 Å². The van der Waals surface area contributed by atoms with Gasteiger partial charge >= 0.3 is 6.03 Å². The lowest BCUT2D eigenvalue weighted by molar-refractivity contribution is 0.206. The predicted octanol–water partition coefficient (Wildman–Crippen LogP) is 4.06. The molecule has 6 heteroatoms. The summed E-state index contributed by atoms with van der Waals surface area (Å²) in [5, 5.41) is 8.62. The molecule has 148 valence electrons. The summed E-state index contributed by atoms with van der Waals surface area (Å²) < 4.78 is 4.05. The molecule has 4 aromatic rings. The fraction of sp³-hybridized carbons (Fsp3) is 0.217. The van der Waals surface area contributed by atoms with Crippen molar-refractivity contribution in [2.45, 2.75) is 19.5 Å². The van der Waals surface area contributed by atoms with Crippen LogP contribution in [0.2, 0.25) is 0 Å². The Bertz CT molecular complexity index is 1080. The number of carbonyl (C=O) groups excluding carboxylic acids is 1. The van der Waals surface area contributed by atoms with Crippen LogP contribution in [-0.4, -0.2) is 38.9 Å². The summed E-state index contributed by atoms with van der Waals surface area (Å²) in [6.07, 6.45) is 6.73. The number of fused-ring (bicyclic) bond motifs is 1. The third-order valence-corrected chi connectivity index (χ3v) is 4.96. The molecule has 2 aromatic carbocycles. The zero-order valence-electron chi connectivity index (χ0n) is 16.5. The van der Waals surface area contributed by atoms with Crippen molar-refractivity contribution in [1.29, 1.82) is 0 Å². The van der Waals surface area contributed by atoms with E-state index in [2.05, 4.69) is 45.4 Å². The van der Waals surface area contributed by atoms with Gasteiger partial charge in [-0.1, -0.05) is 36.4 Å². The fourth-order valence-corrected chi connectivity index (χ4v) is 3.42. The third kappa shape index (κ3) is 4.48. The normalized spacial score (nSPS) is 10.9. The van der Waals surface area contributed by atoms with Crippen LogP contribution in [0.5, 0.6) is 0 Å². The maximum Gasteiger partial charge on any atom is 0.317 e. The van der Waals surface area contributed by atoms with Gasteiger partial charge in [0.1, 0.15) is 0 Å². The molecular formula is C23H25N5O. The SMILES string of the molecule is CN(Cc1cnn(-c2ccccc2)c1)C(=O)NCCCn1ccc2ccccc21. The van der Waals surface area contributed by atoms with Gasteiger partial charge in [-0.05, 0) is 36.1 Å². The maximum absolute atomic E-state index is 12.4. The summed E-state index contributed by atoms with van der Waals surface area (Å²) in [6.45, 7) is 2.03. The zero-order valence-corrected chi connectivity index (χ0v) is 16.5. The number of urea groups is 1. The lowest BCUT2D eigenvalue weighted by atomic mass is 10.2. The molecule has 0 aliphatic carbocycles.